The van der Waals surface area contributed by atoms with Gasteiger partial charge in [0.1, 0.15) is 5.82 Å². The van der Waals surface area contributed by atoms with Crippen molar-refractivity contribution in [2.45, 2.75) is 11.0 Å². The Hall–Kier alpha value is -0.800. The molecule has 0 spiro atoms. The monoisotopic (exact) mass is 379 g/mol. The number of aliphatic hydroxyl groups excluding tert-OH is 1. The molecule has 0 bridgehead atoms. The molecule has 4 nitrogen and oxygen atoms in total. The van der Waals surface area contributed by atoms with E-state index in [4.69, 9.17) is 0 Å². The molecule has 1 aromatic carbocycles. The minimum absolute atomic E-state index is 0.170. The number of benzene rings is 1. The predicted octanol–water partition coefficient (Wildman–Crippen LogP) is 2.66. The van der Waals surface area contributed by atoms with Crippen LogP contribution in [0.1, 0.15) is 11.7 Å². The maximum absolute atomic E-state index is 13.3. The van der Waals surface area contributed by atoms with E-state index in [1.54, 1.807) is 16.8 Å². The quantitative estimate of drug-likeness (QED) is 0.838. The summed E-state index contributed by atoms with van der Waals surface area (Å²) < 4.78 is 39.7. The van der Waals surface area contributed by atoms with Gasteiger partial charge in [-0.1, -0.05) is 0 Å². The molecule has 0 radical (unpaired) electrons. The first-order chi connectivity index (χ1) is 9.40. The largest absolute Gasteiger partial charge is 0.387 e. The molecule has 8 heteroatoms. The summed E-state index contributed by atoms with van der Waals surface area (Å²) in [5, 5.41) is 13.3. The molecule has 1 aromatic heterocycles. The maximum atomic E-state index is 13.3. The van der Waals surface area contributed by atoms with Crippen molar-refractivity contribution in [2.75, 3.05) is 6.54 Å². The first-order valence-corrected chi connectivity index (χ1v) is 8.77. The lowest BCUT2D eigenvalue weighted by atomic mass is 10.2. The lowest BCUT2D eigenvalue weighted by Gasteiger charge is -2.11. The number of hydrogen-bond donors (Lipinski definition) is 2. The van der Waals surface area contributed by atoms with Crippen LogP contribution in [0.5, 0.6) is 0 Å². The van der Waals surface area contributed by atoms with E-state index in [-0.39, 0.29) is 15.9 Å². The molecule has 0 saturated carbocycles. The van der Waals surface area contributed by atoms with Crippen molar-refractivity contribution < 1.29 is 17.9 Å². The van der Waals surface area contributed by atoms with Crippen LogP contribution >= 0.6 is 27.3 Å². The van der Waals surface area contributed by atoms with Crippen LogP contribution in [-0.2, 0) is 10.0 Å². The van der Waals surface area contributed by atoms with Gasteiger partial charge in [0.2, 0.25) is 10.0 Å². The van der Waals surface area contributed by atoms with E-state index < -0.39 is 21.9 Å². The van der Waals surface area contributed by atoms with Crippen LogP contribution in [0.4, 0.5) is 4.39 Å². The average molecular weight is 380 g/mol. The van der Waals surface area contributed by atoms with Crippen LogP contribution in [0.25, 0.3) is 0 Å². The van der Waals surface area contributed by atoms with E-state index in [1.165, 1.54) is 23.5 Å². The van der Waals surface area contributed by atoms with E-state index in [0.29, 0.717) is 5.56 Å². The van der Waals surface area contributed by atoms with E-state index >= 15 is 0 Å². The molecule has 0 aliphatic heterocycles. The van der Waals surface area contributed by atoms with Crippen molar-refractivity contribution in [2.24, 2.45) is 0 Å². The Morgan fingerprint density at radius 3 is 2.75 bits per heavy atom. The Bertz CT molecular complexity index is 689. The number of sulfonamides is 1. The number of thiophene rings is 1. The zero-order valence-corrected chi connectivity index (χ0v) is 13.3. The molecule has 2 N–H and O–H groups in total. The molecule has 20 heavy (non-hydrogen) atoms. The number of halogens is 2. The van der Waals surface area contributed by atoms with Gasteiger partial charge >= 0.3 is 0 Å². The molecule has 108 valence electrons. The molecule has 2 rings (SSSR count). The Balaban J connectivity index is 2.09. The van der Waals surface area contributed by atoms with Crippen molar-refractivity contribution in [3.05, 3.63) is 50.9 Å². The minimum Gasteiger partial charge on any atom is -0.387 e. The normalized spacial score (nSPS) is 13.3. The highest BCUT2D eigenvalue weighted by atomic mass is 79.9. The first-order valence-electron chi connectivity index (χ1n) is 5.55. The van der Waals surface area contributed by atoms with Crippen molar-refractivity contribution >= 4 is 37.3 Å². The van der Waals surface area contributed by atoms with Gasteiger partial charge in [-0.25, -0.2) is 17.5 Å². The number of hydrogen-bond acceptors (Lipinski definition) is 4. The summed E-state index contributed by atoms with van der Waals surface area (Å²) in [5.74, 6) is -0.661. The molecular weight excluding hydrogens is 369 g/mol. The molecule has 0 saturated heterocycles. The molecular formula is C12H11BrFNO3S2. The summed E-state index contributed by atoms with van der Waals surface area (Å²) in [4.78, 5) is -0.185. The summed E-state index contributed by atoms with van der Waals surface area (Å²) in [6, 6.07) is 5.23. The van der Waals surface area contributed by atoms with Gasteiger partial charge in [0.15, 0.2) is 0 Å². The minimum atomic E-state index is -3.85. The Labute approximate surface area is 128 Å². The number of rotatable bonds is 5. The molecule has 1 atom stereocenters. The third-order valence-electron chi connectivity index (χ3n) is 2.60. The SMILES string of the molecule is O=S(=O)(NCC(O)c1ccsc1)c1ccc(Br)c(F)c1. The molecule has 0 amide bonds. The number of nitrogens with one attached hydrogen (secondary N) is 1. The second-order valence-electron chi connectivity index (χ2n) is 4.00. The van der Waals surface area contributed by atoms with Gasteiger partial charge in [-0.05, 0) is 56.5 Å². The third kappa shape index (κ3) is 3.64. The zero-order chi connectivity index (χ0) is 14.8. The van der Waals surface area contributed by atoms with Crippen molar-refractivity contribution in [3.8, 4) is 0 Å². The molecule has 0 fully saturated rings. The van der Waals surface area contributed by atoms with Crippen molar-refractivity contribution in [1.29, 1.82) is 0 Å². The van der Waals surface area contributed by atoms with Gasteiger partial charge in [-0.2, -0.15) is 11.3 Å². The molecule has 1 unspecified atom stereocenters. The van der Waals surface area contributed by atoms with Gasteiger partial charge in [0, 0.05) is 6.54 Å². The van der Waals surface area contributed by atoms with E-state index in [2.05, 4.69) is 20.7 Å². The zero-order valence-electron chi connectivity index (χ0n) is 10.1. The lowest BCUT2D eigenvalue weighted by molar-refractivity contribution is 0.182. The Morgan fingerprint density at radius 1 is 1.40 bits per heavy atom. The summed E-state index contributed by atoms with van der Waals surface area (Å²) in [7, 11) is -3.85. The number of aliphatic hydroxyl groups is 1. The highest BCUT2D eigenvalue weighted by Crippen LogP contribution is 2.20. The average Bonchev–Trinajstić information content (AvgIpc) is 2.93. The lowest BCUT2D eigenvalue weighted by Crippen LogP contribution is -2.28. The molecule has 1 heterocycles. The fraction of sp³-hybridized carbons (Fsp3) is 0.167. The van der Waals surface area contributed by atoms with E-state index in [0.717, 1.165) is 6.07 Å². The molecule has 0 aliphatic rings. The smallest absolute Gasteiger partial charge is 0.240 e. The third-order valence-corrected chi connectivity index (χ3v) is 5.36. The topological polar surface area (TPSA) is 66.4 Å². The highest BCUT2D eigenvalue weighted by Gasteiger charge is 2.18. The second kappa shape index (κ2) is 6.31. The van der Waals surface area contributed by atoms with Gasteiger partial charge in [-0.15, -0.1) is 0 Å². The van der Waals surface area contributed by atoms with Crippen LogP contribution < -0.4 is 4.72 Å². The second-order valence-corrected chi connectivity index (χ2v) is 7.40. The summed E-state index contributed by atoms with van der Waals surface area (Å²) >= 11 is 4.36. The van der Waals surface area contributed by atoms with Gasteiger partial charge in [-0.3, -0.25) is 0 Å². The van der Waals surface area contributed by atoms with E-state index in [9.17, 15) is 17.9 Å². The summed E-state index contributed by atoms with van der Waals surface area (Å²) in [5.41, 5.74) is 0.639. The summed E-state index contributed by atoms with van der Waals surface area (Å²) in [6.07, 6.45) is -0.934. The van der Waals surface area contributed by atoms with Crippen LogP contribution in [0.15, 0.2) is 44.4 Å². The van der Waals surface area contributed by atoms with Crippen molar-refractivity contribution in [1.82, 2.24) is 4.72 Å². The van der Waals surface area contributed by atoms with Gasteiger partial charge in [0.05, 0.1) is 15.5 Å². The predicted molar refractivity (Wildman–Crippen MR) is 78.6 cm³/mol. The van der Waals surface area contributed by atoms with Crippen LogP contribution in [-0.4, -0.2) is 20.1 Å². The van der Waals surface area contributed by atoms with Crippen LogP contribution in [0.2, 0.25) is 0 Å². The summed E-state index contributed by atoms with van der Waals surface area (Å²) in [6.45, 7) is -0.170. The Morgan fingerprint density at radius 2 is 2.15 bits per heavy atom. The fourth-order valence-electron chi connectivity index (χ4n) is 1.50. The standard InChI is InChI=1S/C12H11BrFNO3S2/c13-10-2-1-9(5-11(10)14)20(17,18)15-6-12(16)8-3-4-19-7-8/h1-5,7,12,15-16H,6H2. The van der Waals surface area contributed by atoms with Gasteiger partial charge in [0.25, 0.3) is 0 Å². The molecule has 2 aromatic rings. The van der Waals surface area contributed by atoms with Crippen LogP contribution in [0.3, 0.4) is 0 Å². The molecule has 0 aliphatic carbocycles. The Kier molecular flexibility index (Phi) is 4.92. The fourth-order valence-corrected chi connectivity index (χ4v) is 3.50. The van der Waals surface area contributed by atoms with Gasteiger partial charge < -0.3 is 5.11 Å². The van der Waals surface area contributed by atoms with Crippen LogP contribution in [0, 0.1) is 5.82 Å². The highest BCUT2D eigenvalue weighted by molar-refractivity contribution is 9.10. The first kappa shape index (κ1) is 15.6. The van der Waals surface area contributed by atoms with E-state index in [1.807, 2.05) is 0 Å². The van der Waals surface area contributed by atoms with Crippen molar-refractivity contribution in [3.63, 3.8) is 0 Å². The maximum Gasteiger partial charge on any atom is 0.240 e.